The molecule has 0 spiro atoms. The molecule has 1 aliphatic rings. The number of pyridine rings is 1. The summed E-state index contributed by atoms with van der Waals surface area (Å²) < 4.78 is 24.7. The molecule has 2 aromatic heterocycles. The lowest BCUT2D eigenvalue weighted by molar-refractivity contribution is 0.0764. The van der Waals surface area contributed by atoms with E-state index in [1.807, 2.05) is 35.7 Å². The van der Waals surface area contributed by atoms with Gasteiger partial charge < -0.3 is 9.30 Å². The van der Waals surface area contributed by atoms with Gasteiger partial charge in [-0.1, -0.05) is 6.07 Å². The number of aromatic nitrogens is 2. The Morgan fingerprint density at radius 1 is 1.25 bits per heavy atom. The van der Waals surface area contributed by atoms with Crippen LogP contribution < -0.4 is 0 Å². The van der Waals surface area contributed by atoms with Gasteiger partial charge in [-0.3, -0.25) is 4.79 Å². The van der Waals surface area contributed by atoms with E-state index in [-0.39, 0.29) is 30.5 Å². The number of hydrogen-bond acceptors (Lipinski definition) is 4. The molecule has 1 aliphatic heterocycles. The summed E-state index contributed by atoms with van der Waals surface area (Å²) in [6.07, 6.45) is 1.86. The summed E-state index contributed by atoms with van der Waals surface area (Å²) in [6.45, 7) is 2.33. The van der Waals surface area contributed by atoms with Crippen molar-refractivity contribution < 1.29 is 13.2 Å². The summed E-state index contributed by atoms with van der Waals surface area (Å²) in [4.78, 5) is 18.4. The lowest BCUT2D eigenvalue weighted by Crippen LogP contribution is -2.44. The highest BCUT2D eigenvalue weighted by Gasteiger charge is 2.28. The molecule has 1 saturated heterocycles. The average molecular weight is 293 g/mol. The molecule has 0 atom stereocenters. The van der Waals surface area contributed by atoms with Crippen molar-refractivity contribution in [1.82, 2.24) is 14.3 Å². The summed E-state index contributed by atoms with van der Waals surface area (Å²) in [6, 6.07) is 5.58. The summed E-state index contributed by atoms with van der Waals surface area (Å²) in [5, 5.41) is 0. The zero-order valence-corrected chi connectivity index (χ0v) is 11.9. The molecule has 0 radical (unpaired) electrons. The van der Waals surface area contributed by atoms with Gasteiger partial charge in [-0.05, 0) is 19.1 Å². The molecule has 0 saturated carbocycles. The minimum atomic E-state index is -2.99. The number of sulfone groups is 1. The van der Waals surface area contributed by atoms with Crippen molar-refractivity contribution in [3.05, 3.63) is 35.8 Å². The predicted molar refractivity (Wildman–Crippen MR) is 74.5 cm³/mol. The zero-order chi connectivity index (χ0) is 14.3. The van der Waals surface area contributed by atoms with Crippen molar-refractivity contribution in [3.8, 4) is 0 Å². The van der Waals surface area contributed by atoms with Crippen molar-refractivity contribution in [2.24, 2.45) is 0 Å². The quantitative estimate of drug-likeness (QED) is 0.768. The first-order valence-corrected chi connectivity index (χ1v) is 8.23. The molecule has 2 aromatic rings. The highest BCUT2D eigenvalue weighted by Crippen LogP contribution is 2.15. The van der Waals surface area contributed by atoms with Crippen LogP contribution in [0.15, 0.2) is 24.4 Å². The van der Waals surface area contributed by atoms with Crippen molar-refractivity contribution >= 4 is 21.4 Å². The first-order chi connectivity index (χ1) is 9.48. The van der Waals surface area contributed by atoms with E-state index >= 15 is 0 Å². The molecule has 20 heavy (non-hydrogen) atoms. The minimum absolute atomic E-state index is 0.0329. The van der Waals surface area contributed by atoms with Crippen LogP contribution in [0.4, 0.5) is 0 Å². The third kappa shape index (κ3) is 2.18. The van der Waals surface area contributed by atoms with E-state index in [0.717, 1.165) is 11.3 Å². The molecular weight excluding hydrogens is 278 g/mol. The van der Waals surface area contributed by atoms with Crippen LogP contribution in [-0.2, 0) is 9.84 Å². The second kappa shape index (κ2) is 4.59. The number of nitrogens with zero attached hydrogens (tertiary/aromatic N) is 3. The first kappa shape index (κ1) is 13.1. The smallest absolute Gasteiger partial charge is 0.274 e. The number of rotatable bonds is 1. The Morgan fingerprint density at radius 2 is 1.95 bits per heavy atom. The van der Waals surface area contributed by atoms with Gasteiger partial charge in [-0.2, -0.15) is 0 Å². The average Bonchev–Trinajstić information content (AvgIpc) is 2.76. The number of carbonyl (C=O) groups is 1. The van der Waals surface area contributed by atoms with E-state index in [9.17, 15) is 13.2 Å². The van der Waals surface area contributed by atoms with Gasteiger partial charge in [-0.25, -0.2) is 13.4 Å². The minimum Gasteiger partial charge on any atom is -0.335 e. The van der Waals surface area contributed by atoms with Gasteiger partial charge in [0.05, 0.1) is 17.2 Å². The number of carbonyl (C=O) groups excluding carboxylic acids is 1. The Morgan fingerprint density at radius 3 is 2.60 bits per heavy atom. The van der Waals surface area contributed by atoms with Gasteiger partial charge in [-0.15, -0.1) is 0 Å². The first-order valence-electron chi connectivity index (χ1n) is 6.41. The molecule has 3 heterocycles. The van der Waals surface area contributed by atoms with E-state index in [1.54, 1.807) is 4.90 Å². The number of hydrogen-bond donors (Lipinski definition) is 0. The lowest BCUT2D eigenvalue weighted by Gasteiger charge is -2.26. The van der Waals surface area contributed by atoms with E-state index in [1.165, 1.54) is 0 Å². The van der Waals surface area contributed by atoms with E-state index in [4.69, 9.17) is 0 Å². The number of fused-ring (bicyclic) bond motifs is 1. The molecule has 0 aromatic carbocycles. The molecule has 106 valence electrons. The second-order valence-electron chi connectivity index (χ2n) is 4.92. The monoisotopic (exact) mass is 293 g/mol. The third-order valence-electron chi connectivity index (χ3n) is 3.60. The van der Waals surface area contributed by atoms with Crippen LogP contribution in [0.2, 0.25) is 0 Å². The summed E-state index contributed by atoms with van der Waals surface area (Å²) in [5.74, 6) is -0.128. The number of aryl methyl sites for hydroxylation is 1. The molecule has 0 aliphatic carbocycles. The number of amides is 1. The fraction of sp³-hybridized carbons (Fsp3) is 0.385. The van der Waals surface area contributed by atoms with Crippen LogP contribution >= 0.6 is 0 Å². The van der Waals surface area contributed by atoms with Gasteiger partial charge in [0.1, 0.15) is 11.3 Å². The Kier molecular flexibility index (Phi) is 3.01. The largest absolute Gasteiger partial charge is 0.335 e. The lowest BCUT2D eigenvalue weighted by atomic mass is 10.3. The van der Waals surface area contributed by atoms with E-state index in [0.29, 0.717) is 5.69 Å². The summed E-state index contributed by atoms with van der Waals surface area (Å²) >= 11 is 0. The van der Waals surface area contributed by atoms with Crippen LogP contribution in [0, 0.1) is 6.92 Å². The van der Waals surface area contributed by atoms with Gasteiger partial charge >= 0.3 is 0 Å². The van der Waals surface area contributed by atoms with Crippen LogP contribution in [0.25, 0.3) is 5.65 Å². The molecular formula is C13H15N3O3S. The zero-order valence-electron chi connectivity index (χ0n) is 11.1. The van der Waals surface area contributed by atoms with Gasteiger partial charge in [0.2, 0.25) is 0 Å². The SMILES string of the molecule is Cc1c(C(=O)N2CCS(=O)(=O)CC2)nc2ccccn12. The van der Waals surface area contributed by atoms with E-state index in [2.05, 4.69) is 4.98 Å². The maximum absolute atomic E-state index is 12.5. The molecule has 6 nitrogen and oxygen atoms in total. The van der Waals surface area contributed by atoms with Crippen LogP contribution in [0.5, 0.6) is 0 Å². The van der Waals surface area contributed by atoms with Crippen molar-refractivity contribution in [1.29, 1.82) is 0 Å². The molecule has 0 unspecified atom stereocenters. The van der Waals surface area contributed by atoms with Crippen LogP contribution in [-0.4, -0.2) is 53.2 Å². The molecule has 1 fully saturated rings. The van der Waals surface area contributed by atoms with Crippen LogP contribution in [0.3, 0.4) is 0 Å². The molecule has 0 N–H and O–H groups in total. The fourth-order valence-electron chi connectivity index (χ4n) is 2.39. The van der Waals surface area contributed by atoms with Crippen LogP contribution in [0.1, 0.15) is 16.2 Å². The predicted octanol–water partition coefficient (Wildman–Crippen LogP) is 0.513. The molecule has 3 rings (SSSR count). The Balaban J connectivity index is 1.91. The van der Waals surface area contributed by atoms with Gasteiger partial charge in [0.25, 0.3) is 5.91 Å². The van der Waals surface area contributed by atoms with Gasteiger partial charge in [0.15, 0.2) is 9.84 Å². The van der Waals surface area contributed by atoms with Crippen molar-refractivity contribution in [2.75, 3.05) is 24.6 Å². The summed E-state index contributed by atoms with van der Waals surface area (Å²) in [7, 11) is -2.99. The Labute approximate surface area is 116 Å². The molecule has 1 amide bonds. The Bertz CT molecular complexity index is 765. The summed E-state index contributed by atoms with van der Waals surface area (Å²) in [5.41, 5.74) is 1.90. The topological polar surface area (TPSA) is 71.8 Å². The standard InChI is InChI=1S/C13H15N3O3S/c1-10-12(14-11-4-2-3-5-16(10)11)13(17)15-6-8-20(18,19)9-7-15/h2-5H,6-9H2,1H3. The van der Waals surface area contributed by atoms with Gasteiger partial charge in [0, 0.05) is 19.3 Å². The highest BCUT2D eigenvalue weighted by molar-refractivity contribution is 7.91. The van der Waals surface area contributed by atoms with Crippen molar-refractivity contribution in [2.45, 2.75) is 6.92 Å². The Hall–Kier alpha value is -1.89. The number of imidazole rings is 1. The molecule has 0 bridgehead atoms. The molecule has 7 heteroatoms. The maximum atomic E-state index is 12.5. The second-order valence-corrected chi connectivity index (χ2v) is 7.22. The third-order valence-corrected chi connectivity index (χ3v) is 5.21. The fourth-order valence-corrected chi connectivity index (χ4v) is 3.59. The van der Waals surface area contributed by atoms with E-state index < -0.39 is 9.84 Å². The van der Waals surface area contributed by atoms with Crippen molar-refractivity contribution in [3.63, 3.8) is 0 Å². The normalized spacial score (nSPS) is 18.4. The maximum Gasteiger partial charge on any atom is 0.274 e. The highest BCUT2D eigenvalue weighted by atomic mass is 32.2.